The van der Waals surface area contributed by atoms with E-state index in [-0.39, 0.29) is 5.41 Å². The van der Waals surface area contributed by atoms with Crippen LogP contribution in [0.4, 0.5) is 0 Å². The number of hydrogen-bond acceptors (Lipinski definition) is 4. The van der Waals surface area contributed by atoms with Gasteiger partial charge in [0.2, 0.25) is 0 Å². The molecule has 0 radical (unpaired) electrons. The lowest BCUT2D eigenvalue weighted by atomic mass is 9.85. The van der Waals surface area contributed by atoms with Gasteiger partial charge in [0, 0.05) is 40.3 Å². The maximum Gasteiger partial charge on any atom is 0.0188 e. The molecule has 0 amide bonds. The zero-order valence-electron chi connectivity index (χ0n) is 23.4. The monoisotopic (exact) mass is 588 g/mol. The summed E-state index contributed by atoms with van der Waals surface area (Å²) in [6, 6.07) is 35.9. The van der Waals surface area contributed by atoms with Gasteiger partial charge in [-0.15, -0.1) is 0 Å². The topological polar surface area (TPSA) is 0 Å². The van der Waals surface area contributed by atoms with Crippen molar-refractivity contribution in [1.29, 1.82) is 0 Å². The first-order chi connectivity index (χ1) is 18.9. The lowest BCUT2D eigenvalue weighted by Gasteiger charge is -2.21. The predicted molar refractivity (Wildman–Crippen MR) is 182 cm³/mol. The van der Waals surface area contributed by atoms with Crippen LogP contribution in [0.2, 0.25) is 0 Å². The fraction of sp³-hybridized carbons (Fsp3) is 0.314. The number of thioether (sulfide) groups is 3. The highest BCUT2D eigenvalue weighted by Gasteiger charge is 2.15. The fourth-order valence-electron chi connectivity index (χ4n) is 4.47. The Hall–Kier alpha value is -1.72. The van der Waals surface area contributed by atoms with Gasteiger partial charge in [-0.25, -0.2) is 0 Å². The van der Waals surface area contributed by atoms with E-state index in [2.05, 4.69) is 130 Å². The second-order valence-electron chi connectivity index (χ2n) is 11.1. The third-order valence-corrected chi connectivity index (χ3v) is 10.1. The van der Waals surface area contributed by atoms with Crippen molar-refractivity contribution in [3.8, 4) is 0 Å². The normalized spacial score (nSPS) is 11.6. The Bertz CT molecular complexity index is 1230. The largest absolute Gasteiger partial charge is 0.175 e. The highest BCUT2D eigenvalue weighted by atomic mass is 32.2. The van der Waals surface area contributed by atoms with E-state index in [1.165, 1.54) is 44.5 Å². The Morgan fingerprint density at radius 3 is 1.18 bits per heavy atom. The van der Waals surface area contributed by atoms with Crippen molar-refractivity contribution >= 4 is 47.9 Å². The van der Waals surface area contributed by atoms with Gasteiger partial charge in [0.15, 0.2) is 0 Å². The fourth-order valence-corrected chi connectivity index (χ4v) is 7.42. The number of hydrogen-bond donors (Lipinski definition) is 1. The highest BCUT2D eigenvalue weighted by molar-refractivity contribution is 7.98. The van der Waals surface area contributed by atoms with Gasteiger partial charge in [-0.2, -0.15) is 47.9 Å². The quantitative estimate of drug-likeness (QED) is 0.154. The van der Waals surface area contributed by atoms with Crippen LogP contribution in [-0.2, 0) is 45.7 Å². The average Bonchev–Trinajstić information content (AvgIpc) is 2.93. The van der Waals surface area contributed by atoms with Gasteiger partial charge in [0.05, 0.1) is 0 Å². The van der Waals surface area contributed by atoms with E-state index in [0.29, 0.717) is 0 Å². The third-order valence-electron chi connectivity index (χ3n) is 6.51. The molecule has 204 valence electrons. The van der Waals surface area contributed by atoms with Crippen LogP contribution in [0.25, 0.3) is 0 Å². The minimum atomic E-state index is 0.149. The molecule has 0 fully saturated rings. The molecule has 0 spiro atoms. The third kappa shape index (κ3) is 10.3. The van der Waals surface area contributed by atoms with E-state index in [1.807, 2.05) is 35.3 Å². The lowest BCUT2D eigenvalue weighted by molar-refractivity contribution is 0.589. The van der Waals surface area contributed by atoms with E-state index in [9.17, 15) is 0 Å². The zero-order chi connectivity index (χ0) is 27.5. The highest BCUT2D eigenvalue weighted by Crippen LogP contribution is 2.29. The molecule has 4 aromatic carbocycles. The maximum atomic E-state index is 4.56. The first kappa shape index (κ1) is 30.2. The van der Waals surface area contributed by atoms with Gasteiger partial charge in [-0.3, -0.25) is 0 Å². The van der Waals surface area contributed by atoms with Crippen molar-refractivity contribution < 1.29 is 0 Å². The summed E-state index contributed by atoms with van der Waals surface area (Å²) < 4.78 is 0. The molecule has 39 heavy (non-hydrogen) atoms. The molecule has 0 nitrogen and oxygen atoms in total. The SMILES string of the molecule is CC(C)(C)c1cc(CS)cc(CSCc2cc(CSCc3ccccc3)cc(CSCc3ccccc3)c2)c1. The summed E-state index contributed by atoms with van der Waals surface area (Å²) in [7, 11) is 0. The van der Waals surface area contributed by atoms with Crippen molar-refractivity contribution in [3.63, 3.8) is 0 Å². The molecular formula is C35H40S4. The molecule has 0 bridgehead atoms. The van der Waals surface area contributed by atoms with Crippen molar-refractivity contribution in [2.75, 3.05) is 0 Å². The van der Waals surface area contributed by atoms with Crippen LogP contribution < -0.4 is 0 Å². The van der Waals surface area contributed by atoms with Crippen LogP contribution in [0.5, 0.6) is 0 Å². The summed E-state index contributed by atoms with van der Waals surface area (Å²) in [5.41, 5.74) is 11.4. The molecule has 4 aromatic rings. The Morgan fingerprint density at radius 2 is 0.795 bits per heavy atom. The zero-order valence-corrected chi connectivity index (χ0v) is 26.7. The second kappa shape index (κ2) is 15.3. The van der Waals surface area contributed by atoms with Gasteiger partial charge < -0.3 is 0 Å². The number of benzene rings is 4. The van der Waals surface area contributed by atoms with E-state index >= 15 is 0 Å². The van der Waals surface area contributed by atoms with Crippen LogP contribution in [0.3, 0.4) is 0 Å². The Balaban J connectivity index is 1.41. The van der Waals surface area contributed by atoms with Crippen LogP contribution in [0.1, 0.15) is 65.3 Å². The summed E-state index contributed by atoms with van der Waals surface area (Å²) >= 11 is 10.6. The van der Waals surface area contributed by atoms with Crippen LogP contribution in [0, 0.1) is 0 Å². The van der Waals surface area contributed by atoms with E-state index in [4.69, 9.17) is 0 Å². The molecule has 0 atom stereocenters. The van der Waals surface area contributed by atoms with E-state index in [0.717, 1.165) is 40.3 Å². The van der Waals surface area contributed by atoms with Gasteiger partial charge in [0.1, 0.15) is 0 Å². The molecule has 0 heterocycles. The smallest absolute Gasteiger partial charge is 0.0188 e. The maximum absolute atomic E-state index is 4.56. The summed E-state index contributed by atoms with van der Waals surface area (Å²) in [6.07, 6.45) is 0. The van der Waals surface area contributed by atoms with Gasteiger partial charge in [0.25, 0.3) is 0 Å². The van der Waals surface area contributed by atoms with Gasteiger partial charge >= 0.3 is 0 Å². The van der Waals surface area contributed by atoms with E-state index < -0.39 is 0 Å². The molecule has 4 heteroatoms. The second-order valence-corrected chi connectivity index (χ2v) is 14.3. The number of thiol groups is 1. The molecule has 0 aliphatic carbocycles. The standard InChI is InChI=1S/C35H40S4/c1-35(2,3)34-18-29(20-36)14-33(19-34)26-39-25-32-16-30(23-37-21-27-10-6-4-7-11-27)15-31(17-32)24-38-22-28-12-8-5-9-13-28/h4-19,36H,20-26H2,1-3H3. The molecule has 0 saturated carbocycles. The summed E-state index contributed by atoms with van der Waals surface area (Å²) in [6.45, 7) is 6.88. The summed E-state index contributed by atoms with van der Waals surface area (Å²) in [4.78, 5) is 0. The Kier molecular flexibility index (Phi) is 11.9. The predicted octanol–water partition coefficient (Wildman–Crippen LogP) is 10.7. The molecule has 0 N–H and O–H groups in total. The van der Waals surface area contributed by atoms with Crippen LogP contribution in [-0.4, -0.2) is 0 Å². The molecular weight excluding hydrogens is 549 g/mol. The lowest BCUT2D eigenvalue weighted by Crippen LogP contribution is -2.12. The van der Waals surface area contributed by atoms with Crippen molar-refractivity contribution in [2.45, 2.75) is 66.5 Å². The summed E-state index contributed by atoms with van der Waals surface area (Å²) in [5.74, 6) is 7.03. The first-order valence-corrected chi connectivity index (χ1v) is 17.7. The van der Waals surface area contributed by atoms with Crippen molar-refractivity contribution in [2.24, 2.45) is 0 Å². The average molecular weight is 589 g/mol. The molecule has 0 aliphatic heterocycles. The molecule has 4 rings (SSSR count). The molecule has 0 unspecified atom stereocenters. The van der Waals surface area contributed by atoms with Crippen LogP contribution in [0.15, 0.2) is 97.1 Å². The van der Waals surface area contributed by atoms with Crippen molar-refractivity contribution in [1.82, 2.24) is 0 Å². The van der Waals surface area contributed by atoms with E-state index in [1.54, 1.807) is 0 Å². The number of rotatable bonds is 13. The van der Waals surface area contributed by atoms with Crippen molar-refractivity contribution in [3.05, 3.63) is 142 Å². The Morgan fingerprint density at radius 1 is 0.462 bits per heavy atom. The van der Waals surface area contributed by atoms with Gasteiger partial charge in [-0.1, -0.05) is 118 Å². The molecule has 0 aromatic heterocycles. The van der Waals surface area contributed by atoms with Crippen LogP contribution >= 0.6 is 47.9 Å². The summed E-state index contributed by atoms with van der Waals surface area (Å²) in [5, 5.41) is 0. The minimum Gasteiger partial charge on any atom is -0.175 e. The molecule has 0 saturated heterocycles. The molecule has 0 aliphatic rings. The minimum absolute atomic E-state index is 0.149. The van der Waals surface area contributed by atoms with Gasteiger partial charge in [-0.05, 0) is 49.9 Å². The first-order valence-electron chi connectivity index (χ1n) is 13.6. The Labute approximate surface area is 254 Å².